The lowest BCUT2D eigenvalue weighted by Crippen LogP contribution is -2.28. The van der Waals surface area contributed by atoms with Crippen LogP contribution >= 0.6 is 11.3 Å². The summed E-state index contributed by atoms with van der Waals surface area (Å²) in [7, 11) is 0. The minimum absolute atomic E-state index is 0.225. The molecule has 0 saturated heterocycles. The van der Waals surface area contributed by atoms with Crippen LogP contribution in [0, 0.1) is 0 Å². The summed E-state index contributed by atoms with van der Waals surface area (Å²) in [5.74, 6) is 0. The first kappa shape index (κ1) is 17.9. The van der Waals surface area contributed by atoms with Crippen LogP contribution in [0.4, 0.5) is 10.5 Å². The highest BCUT2D eigenvalue weighted by atomic mass is 32.1. The van der Waals surface area contributed by atoms with Gasteiger partial charge in [0.2, 0.25) is 0 Å². The first-order valence-corrected chi connectivity index (χ1v) is 9.86. The summed E-state index contributed by atoms with van der Waals surface area (Å²) in [6, 6.07) is 27.4. The maximum atomic E-state index is 12.1. The van der Waals surface area contributed by atoms with Crippen molar-refractivity contribution >= 4 is 23.1 Å². The fraction of sp³-hybridized carbons (Fsp3) is 0.0435. The van der Waals surface area contributed by atoms with Crippen LogP contribution in [0.25, 0.3) is 21.8 Å². The molecule has 2 amide bonds. The van der Waals surface area contributed by atoms with E-state index in [1.165, 1.54) is 0 Å². The zero-order valence-corrected chi connectivity index (χ0v) is 15.9. The second kappa shape index (κ2) is 8.50. The van der Waals surface area contributed by atoms with Gasteiger partial charge < -0.3 is 10.6 Å². The summed E-state index contributed by atoms with van der Waals surface area (Å²) in [5, 5.41) is 8.75. The van der Waals surface area contributed by atoms with Crippen LogP contribution < -0.4 is 10.6 Å². The standard InChI is InChI=1S/C23H19N3OS/c27-23(25-20-12-5-2-6-13-20)24-15-17-8-7-11-19(14-17)22-26-21(16-28-22)18-9-3-1-4-10-18/h1-14,16H,15H2,(H2,24,25,27). The molecule has 0 unspecified atom stereocenters. The smallest absolute Gasteiger partial charge is 0.319 e. The zero-order chi connectivity index (χ0) is 19.2. The largest absolute Gasteiger partial charge is 0.334 e. The molecule has 138 valence electrons. The fourth-order valence-electron chi connectivity index (χ4n) is 2.84. The molecule has 0 atom stereocenters. The number of anilines is 1. The predicted molar refractivity (Wildman–Crippen MR) is 115 cm³/mol. The van der Waals surface area contributed by atoms with E-state index in [-0.39, 0.29) is 6.03 Å². The van der Waals surface area contributed by atoms with E-state index in [9.17, 15) is 4.79 Å². The number of urea groups is 1. The Morgan fingerprint density at radius 3 is 2.36 bits per heavy atom. The van der Waals surface area contributed by atoms with Gasteiger partial charge in [-0.2, -0.15) is 0 Å². The maximum absolute atomic E-state index is 12.1. The quantitative estimate of drug-likeness (QED) is 0.456. The van der Waals surface area contributed by atoms with Crippen molar-refractivity contribution in [2.75, 3.05) is 5.32 Å². The van der Waals surface area contributed by atoms with E-state index in [0.717, 1.165) is 33.1 Å². The van der Waals surface area contributed by atoms with E-state index in [0.29, 0.717) is 6.54 Å². The van der Waals surface area contributed by atoms with Gasteiger partial charge in [-0.3, -0.25) is 0 Å². The van der Waals surface area contributed by atoms with Gasteiger partial charge in [0, 0.05) is 28.7 Å². The van der Waals surface area contributed by atoms with Gasteiger partial charge in [0.15, 0.2) is 0 Å². The number of nitrogens with one attached hydrogen (secondary N) is 2. The summed E-state index contributed by atoms with van der Waals surface area (Å²) in [5.41, 5.74) is 4.93. The predicted octanol–water partition coefficient (Wildman–Crippen LogP) is 5.80. The SMILES string of the molecule is O=C(NCc1cccc(-c2nc(-c3ccccc3)cs2)c1)Nc1ccccc1. The van der Waals surface area contributed by atoms with Crippen LogP contribution in [0.2, 0.25) is 0 Å². The number of nitrogens with zero attached hydrogens (tertiary/aromatic N) is 1. The highest BCUT2D eigenvalue weighted by molar-refractivity contribution is 7.13. The molecule has 1 aromatic heterocycles. The number of carbonyl (C=O) groups is 1. The summed E-state index contributed by atoms with van der Waals surface area (Å²) in [6.07, 6.45) is 0. The third-order valence-corrected chi connectivity index (χ3v) is 5.12. The molecule has 3 aromatic carbocycles. The Kier molecular flexibility index (Phi) is 5.45. The molecule has 0 radical (unpaired) electrons. The molecule has 0 spiro atoms. The Morgan fingerprint density at radius 1 is 0.857 bits per heavy atom. The molecule has 1 heterocycles. The lowest BCUT2D eigenvalue weighted by molar-refractivity contribution is 0.251. The Bertz CT molecular complexity index is 1060. The molecule has 5 heteroatoms. The Hall–Kier alpha value is -3.44. The van der Waals surface area contributed by atoms with Gasteiger partial charge in [-0.25, -0.2) is 9.78 Å². The number of aromatic nitrogens is 1. The molecule has 28 heavy (non-hydrogen) atoms. The number of benzene rings is 3. The Balaban J connectivity index is 1.42. The zero-order valence-electron chi connectivity index (χ0n) is 15.1. The summed E-state index contributed by atoms with van der Waals surface area (Å²) in [6.45, 7) is 0.448. The average Bonchev–Trinajstić information content (AvgIpc) is 3.24. The monoisotopic (exact) mass is 385 g/mol. The minimum atomic E-state index is -0.225. The molecular weight excluding hydrogens is 366 g/mol. The Morgan fingerprint density at radius 2 is 1.57 bits per heavy atom. The van der Waals surface area contributed by atoms with Crippen LogP contribution in [0.1, 0.15) is 5.56 Å². The molecule has 4 rings (SSSR count). The molecule has 0 bridgehead atoms. The second-order valence-electron chi connectivity index (χ2n) is 6.28. The minimum Gasteiger partial charge on any atom is -0.334 e. The number of thiazole rings is 1. The van der Waals surface area contributed by atoms with Gasteiger partial charge >= 0.3 is 6.03 Å². The first-order valence-electron chi connectivity index (χ1n) is 8.98. The number of hydrogen-bond acceptors (Lipinski definition) is 3. The van der Waals surface area contributed by atoms with Gasteiger partial charge in [0.25, 0.3) is 0 Å². The molecule has 0 saturated carbocycles. The molecule has 4 aromatic rings. The third-order valence-electron chi connectivity index (χ3n) is 4.23. The van der Waals surface area contributed by atoms with Crippen molar-refractivity contribution in [1.82, 2.24) is 10.3 Å². The van der Waals surface area contributed by atoms with Crippen molar-refractivity contribution in [3.8, 4) is 21.8 Å². The number of carbonyl (C=O) groups excluding carboxylic acids is 1. The molecule has 2 N–H and O–H groups in total. The van der Waals surface area contributed by atoms with E-state index in [1.54, 1.807) is 11.3 Å². The van der Waals surface area contributed by atoms with Crippen molar-refractivity contribution in [2.24, 2.45) is 0 Å². The van der Waals surface area contributed by atoms with Crippen LogP contribution in [0.5, 0.6) is 0 Å². The lowest BCUT2D eigenvalue weighted by atomic mass is 10.1. The first-order chi connectivity index (χ1) is 13.8. The number of rotatable bonds is 5. The average molecular weight is 385 g/mol. The molecule has 0 aliphatic rings. The Labute approximate surface area is 167 Å². The van der Waals surface area contributed by atoms with Crippen molar-refractivity contribution < 1.29 is 4.79 Å². The molecule has 0 fully saturated rings. The molecule has 4 nitrogen and oxygen atoms in total. The summed E-state index contributed by atoms with van der Waals surface area (Å²) in [4.78, 5) is 16.8. The normalized spacial score (nSPS) is 10.4. The van der Waals surface area contributed by atoms with Gasteiger partial charge in [-0.1, -0.05) is 66.7 Å². The van der Waals surface area contributed by atoms with Crippen LogP contribution in [0.3, 0.4) is 0 Å². The summed E-state index contributed by atoms with van der Waals surface area (Å²) >= 11 is 1.62. The fourth-order valence-corrected chi connectivity index (χ4v) is 3.67. The van der Waals surface area contributed by atoms with Gasteiger partial charge in [0.05, 0.1) is 5.69 Å². The molecule has 0 aliphatic carbocycles. The van der Waals surface area contributed by atoms with Crippen molar-refractivity contribution in [3.63, 3.8) is 0 Å². The number of para-hydroxylation sites is 1. The lowest BCUT2D eigenvalue weighted by Gasteiger charge is -2.08. The topological polar surface area (TPSA) is 54.0 Å². The third kappa shape index (κ3) is 4.45. The molecular formula is C23H19N3OS. The van der Waals surface area contributed by atoms with Crippen LogP contribution in [0.15, 0.2) is 90.3 Å². The van der Waals surface area contributed by atoms with Crippen molar-refractivity contribution in [2.45, 2.75) is 6.54 Å². The number of amides is 2. The number of hydrogen-bond donors (Lipinski definition) is 2. The van der Waals surface area contributed by atoms with E-state index >= 15 is 0 Å². The van der Waals surface area contributed by atoms with Crippen molar-refractivity contribution in [1.29, 1.82) is 0 Å². The maximum Gasteiger partial charge on any atom is 0.319 e. The van der Waals surface area contributed by atoms with Crippen LogP contribution in [-0.2, 0) is 6.54 Å². The van der Waals surface area contributed by atoms with E-state index < -0.39 is 0 Å². The highest BCUT2D eigenvalue weighted by Crippen LogP contribution is 2.29. The summed E-state index contributed by atoms with van der Waals surface area (Å²) < 4.78 is 0. The van der Waals surface area contributed by atoms with E-state index in [1.807, 2.05) is 66.7 Å². The van der Waals surface area contributed by atoms with E-state index in [4.69, 9.17) is 4.98 Å². The van der Waals surface area contributed by atoms with Gasteiger partial charge in [-0.15, -0.1) is 11.3 Å². The van der Waals surface area contributed by atoms with E-state index in [2.05, 4.69) is 34.2 Å². The second-order valence-corrected chi connectivity index (χ2v) is 7.14. The van der Waals surface area contributed by atoms with Gasteiger partial charge in [-0.05, 0) is 23.8 Å². The van der Waals surface area contributed by atoms with Crippen LogP contribution in [-0.4, -0.2) is 11.0 Å². The molecule has 0 aliphatic heterocycles. The highest BCUT2D eigenvalue weighted by Gasteiger charge is 2.08. The van der Waals surface area contributed by atoms with Crippen molar-refractivity contribution in [3.05, 3.63) is 95.9 Å². The van der Waals surface area contributed by atoms with Gasteiger partial charge in [0.1, 0.15) is 5.01 Å².